The van der Waals surface area contributed by atoms with E-state index in [1.165, 1.54) is 0 Å². The van der Waals surface area contributed by atoms with Crippen LogP contribution in [0.4, 0.5) is 11.8 Å². The first-order chi connectivity index (χ1) is 17.4. The van der Waals surface area contributed by atoms with Crippen LogP contribution in [0.15, 0.2) is 72.9 Å². The van der Waals surface area contributed by atoms with Gasteiger partial charge in [-0.15, -0.1) is 0 Å². The molecule has 0 spiro atoms. The predicted octanol–water partition coefficient (Wildman–Crippen LogP) is 3.17. The maximum absolute atomic E-state index is 11.2. The maximum Gasteiger partial charge on any atom is 0.221 e. The third kappa shape index (κ3) is 6.09. The number of hydrogen-bond acceptors (Lipinski definition) is 8. The van der Waals surface area contributed by atoms with Crippen molar-refractivity contribution < 1.29 is 19.4 Å². The van der Waals surface area contributed by atoms with Crippen LogP contribution in [0.1, 0.15) is 29.2 Å². The summed E-state index contributed by atoms with van der Waals surface area (Å²) in [5.41, 5.74) is 16.5. The normalized spacial score (nSPS) is 10.7. The molecule has 0 fully saturated rings. The van der Waals surface area contributed by atoms with Gasteiger partial charge in [-0.2, -0.15) is 4.98 Å². The fourth-order valence-electron chi connectivity index (χ4n) is 3.94. The predicted molar refractivity (Wildman–Crippen MR) is 136 cm³/mol. The molecule has 0 saturated carbocycles. The lowest BCUT2D eigenvalue weighted by Crippen LogP contribution is -2.24. The molecule has 4 rings (SSSR count). The average Bonchev–Trinajstić information content (AvgIpc) is 2.85. The topological polar surface area (TPSA) is 136 Å². The Balaban J connectivity index is 1.80. The SMILES string of the molecule is CCOc1cc(Cc2cnc(N)nc2N)cc(OCc2ccccc2)c1-c1cccc(CC(=O)[O-])c1. The van der Waals surface area contributed by atoms with E-state index in [-0.39, 0.29) is 12.4 Å². The highest BCUT2D eigenvalue weighted by atomic mass is 16.5. The molecule has 0 aliphatic heterocycles. The van der Waals surface area contributed by atoms with Crippen molar-refractivity contribution in [2.24, 2.45) is 0 Å². The largest absolute Gasteiger partial charge is 0.550 e. The molecule has 0 aliphatic carbocycles. The molecular weight excluding hydrogens is 456 g/mol. The van der Waals surface area contributed by atoms with Crippen LogP contribution in [0, 0.1) is 0 Å². The summed E-state index contributed by atoms with van der Waals surface area (Å²) in [4.78, 5) is 19.3. The Labute approximate surface area is 209 Å². The lowest BCUT2D eigenvalue weighted by molar-refractivity contribution is -0.304. The fourth-order valence-corrected chi connectivity index (χ4v) is 3.94. The minimum atomic E-state index is -1.14. The Kier molecular flexibility index (Phi) is 7.65. The number of carbonyl (C=O) groups excluding carboxylic acids is 1. The molecular formula is C28H27N4O4-. The molecule has 1 aromatic heterocycles. The number of carboxylic acid groups (broad SMARTS) is 1. The third-order valence-corrected chi connectivity index (χ3v) is 5.54. The highest BCUT2D eigenvalue weighted by Gasteiger charge is 2.18. The summed E-state index contributed by atoms with van der Waals surface area (Å²) in [6.45, 7) is 2.68. The summed E-state index contributed by atoms with van der Waals surface area (Å²) >= 11 is 0. The number of hydrogen-bond donors (Lipinski definition) is 2. The Morgan fingerprint density at radius 3 is 2.33 bits per heavy atom. The van der Waals surface area contributed by atoms with Crippen molar-refractivity contribution in [3.8, 4) is 22.6 Å². The van der Waals surface area contributed by atoms with Crippen molar-refractivity contribution in [3.63, 3.8) is 0 Å². The Bertz CT molecular complexity index is 1360. The van der Waals surface area contributed by atoms with Crippen molar-refractivity contribution >= 4 is 17.7 Å². The lowest BCUT2D eigenvalue weighted by Gasteiger charge is -2.19. The number of benzene rings is 3. The number of nitrogens with two attached hydrogens (primary N) is 2. The highest BCUT2D eigenvalue weighted by Crippen LogP contribution is 2.41. The summed E-state index contributed by atoms with van der Waals surface area (Å²) in [6.07, 6.45) is 1.87. The van der Waals surface area contributed by atoms with Crippen molar-refractivity contribution in [1.82, 2.24) is 9.97 Å². The number of nitrogen functional groups attached to an aromatic ring is 2. The zero-order valence-electron chi connectivity index (χ0n) is 19.9. The van der Waals surface area contributed by atoms with Gasteiger partial charge in [0.05, 0.1) is 12.2 Å². The van der Waals surface area contributed by atoms with Crippen LogP contribution in [-0.4, -0.2) is 22.5 Å². The Morgan fingerprint density at radius 1 is 0.917 bits per heavy atom. The first-order valence-electron chi connectivity index (χ1n) is 11.6. The molecule has 0 amide bonds. The standard InChI is InChI=1S/C28H28N4O4/c1-2-35-23-13-20(12-22-16-31-28(30)32-27(22)29)14-24(36-17-18-7-4-3-5-8-18)26(23)21-10-6-9-19(11-21)15-25(33)34/h3-11,13-14,16H,2,12,15,17H2,1H3,(H,33,34)(H4,29,30,31,32)/p-1. The second kappa shape index (κ2) is 11.2. The van der Waals surface area contributed by atoms with Crippen LogP contribution < -0.4 is 26.0 Å². The van der Waals surface area contributed by atoms with Gasteiger partial charge in [0.15, 0.2) is 0 Å². The van der Waals surface area contributed by atoms with Gasteiger partial charge in [-0.05, 0) is 41.3 Å². The number of aliphatic carboxylic acids is 1. The Morgan fingerprint density at radius 2 is 1.64 bits per heavy atom. The van der Waals surface area contributed by atoms with E-state index < -0.39 is 5.97 Å². The van der Waals surface area contributed by atoms with Gasteiger partial charge in [-0.1, -0.05) is 54.6 Å². The molecule has 184 valence electrons. The molecule has 8 nitrogen and oxygen atoms in total. The monoisotopic (exact) mass is 483 g/mol. The number of ether oxygens (including phenoxy) is 2. The molecule has 1 heterocycles. The first-order valence-corrected chi connectivity index (χ1v) is 11.6. The van der Waals surface area contributed by atoms with Crippen molar-refractivity contribution in [1.29, 1.82) is 0 Å². The number of nitrogens with zero attached hydrogens (tertiary/aromatic N) is 2. The van der Waals surface area contributed by atoms with Gasteiger partial charge < -0.3 is 30.8 Å². The van der Waals surface area contributed by atoms with Gasteiger partial charge in [-0.3, -0.25) is 0 Å². The van der Waals surface area contributed by atoms with Gasteiger partial charge >= 0.3 is 0 Å². The van der Waals surface area contributed by atoms with Crippen LogP contribution in [0.5, 0.6) is 11.5 Å². The van der Waals surface area contributed by atoms with Crippen molar-refractivity contribution in [3.05, 3.63) is 95.2 Å². The second-order valence-electron chi connectivity index (χ2n) is 8.24. The molecule has 4 aromatic rings. The van der Waals surface area contributed by atoms with Gasteiger partial charge in [-0.25, -0.2) is 4.98 Å². The fraction of sp³-hybridized carbons (Fsp3) is 0.179. The molecule has 4 N–H and O–H groups in total. The van der Waals surface area contributed by atoms with Crippen LogP contribution in [-0.2, 0) is 24.2 Å². The molecule has 0 saturated heterocycles. The zero-order chi connectivity index (χ0) is 25.5. The number of anilines is 2. The molecule has 3 aromatic carbocycles. The van der Waals surface area contributed by atoms with Crippen LogP contribution >= 0.6 is 0 Å². The zero-order valence-corrected chi connectivity index (χ0v) is 19.9. The van der Waals surface area contributed by atoms with Crippen molar-refractivity contribution in [2.45, 2.75) is 26.4 Å². The van der Waals surface area contributed by atoms with Crippen molar-refractivity contribution in [2.75, 3.05) is 18.1 Å². The summed E-state index contributed by atoms with van der Waals surface area (Å²) in [7, 11) is 0. The summed E-state index contributed by atoms with van der Waals surface area (Å²) in [5, 5.41) is 11.2. The second-order valence-corrected chi connectivity index (χ2v) is 8.24. The van der Waals surface area contributed by atoms with Crippen LogP contribution in [0.3, 0.4) is 0 Å². The lowest BCUT2D eigenvalue weighted by atomic mass is 9.96. The van der Waals surface area contributed by atoms with Gasteiger partial charge in [0.25, 0.3) is 0 Å². The van der Waals surface area contributed by atoms with Gasteiger partial charge in [0.1, 0.15) is 23.9 Å². The molecule has 0 unspecified atom stereocenters. The van der Waals surface area contributed by atoms with E-state index in [1.54, 1.807) is 12.3 Å². The van der Waals surface area contributed by atoms with E-state index in [0.29, 0.717) is 42.5 Å². The molecule has 0 atom stereocenters. The van der Waals surface area contributed by atoms with E-state index in [0.717, 1.165) is 27.8 Å². The van der Waals surface area contributed by atoms with Crippen LogP contribution in [0.2, 0.25) is 0 Å². The van der Waals surface area contributed by atoms with Gasteiger partial charge in [0.2, 0.25) is 5.95 Å². The first kappa shape index (κ1) is 24.5. The number of carboxylic acids is 1. The highest BCUT2D eigenvalue weighted by molar-refractivity contribution is 5.79. The minimum absolute atomic E-state index is 0.116. The summed E-state index contributed by atoms with van der Waals surface area (Å²) in [6, 6.07) is 21.0. The molecule has 0 aliphatic rings. The van der Waals surface area contributed by atoms with E-state index in [4.69, 9.17) is 20.9 Å². The molecule has 0 radical (unpaired) electrons. The number of carbonyl (C=O) groups is 1. The molecule has 8 heteroatoms. The Hall–Kier alpha value is -4.59. The molecule has 36 heavy (non-hydrogen) atoms. The van der Waals surface area contributed by atoms with E-state index in [2.05, 4.69) is 9.97 Å². The number of rotatable bonds is 10. The van der Waals surface area contributed by atoms with E-state index in [1.807, 2.05) is 67.6 Å². The number of aromatic nitrogens is 2. The quantitative estimate of drug-likeness (QED) is 0.351. The third-order valence-electron chi connectivity index (χ3n) is 5.54. The van der Waals surface area contributed by atoms with Gasteiger partial charge in [0, 0.05) is 30.6 Å². The smallest absolute Gasteiger partial charge is 0.221 e. The average molecular weight is 484 g/mol. The summed E-state index contributed by atoms with van der Waals surface area (Å²) in [5.74, 6) is 0.492. The molecule has 0 bridgehead atoms. The van der Waals surface area contributed by atoms with E-state index >= 15 is 0 Å². The minimum Gasteiger partial charge on any atom is -0.550 e. The van der Waals surface area contributed by atoms with Crippen LogP contribution in [0.25, 0.3) is 11.1 Å². The maximum atomic E-state index is 11.2. The van der Waals surface area contributed by atoms with E-state index in [9.17, 15) is 9.90 Å². The summed E-state index contributed by atoms with van der Waals surface area (Å²) < 4.78 is 12.4.